The van der Waals surface area contributed by atoms with Gasteiger partial charge in [0.1, 0.15) is 5.60 Å². The molecule has 134 valence electrons. The van der Waals surface area contributed by atoms with Crippen molar-refractivity contribution in [3.8, 4) is 0 Å². The lowest BCUT2D eigenvalue weighted by Crippen LogP contribution is -2.68. The van der Waals surface area contributed by atoms with Crippen molar-refractivity contribution < 1.29 is 9.50 Å². The van der Waals surface area contributed by atoms with E-state index in [2.05, 4.69) is 4.98 Å². The average Bonchev–Trinajstić information content (AvgIpc) is 2.94. The molecular formula is C18H24BClN2OS2. The standard InChI is InChI=1S/C18H24BClN2OS2/c19-22-7-4-12(5-8-22)18(23,11-22)6-3-14(24)10-17-21-15-2-1-13(20)9-16(15)25-17/h1-2,9,12,23H,3-8,10-11H2,19H3. The second-order valence-corrected chi connectivity index (χ2v) is 9.22. The summed E-state index contributed by atoms with van der Waals surface area (Å²) in [5.74, 6) is 0.498. The van der Waals surface area contributed by atoms with Crippen LogP contribution in [0.25, 0.3) is 10.2 Å². The zero-order chi connectivity index (χ0) is 17.7. The highest BCUT2D eigenvalue weighted by Gasteiger charge is 2.49. The van der Waals surface area contributed by atoms with E-state index in [0.29, 0.717) is 5.92 Å². The number of halogens is 1. The quantitative estimate of drug-likeness (QED) is 0.625. The third-order valence-corrected chi connectivity index (χ3v) is 7.03. The molecule has 5 rings (SSSR count). The molecule has 2 aromatic rings. The third kappa shape index (κ3) is 3.65. The van der Waals surface area contributed by atoms with Crippen LogP contribution in [0.1, 0.15) is 30.7 Å². The zero-order valence-corrected chi connectivity index (χ0v) is 15.9. The number of thiocarbonyl (C=S) groups is 1. The van der Waals surface area contributed by atoms with Gasteiger partial charge >= 0.3 is 0 Å². The number of benzene rings is 1. The molecule has 1 N–H and O–H groups in total. The molecule has 1 aromatic carbocycles. The Balaban J connectivity index is 1.39. The Morgan fingerprint density at radius 3 is 2.92 bits per heavy atom. The van der Waals surface area contributed by atoms with Gasteiger partial charge in [-0.25, -0.2) is 4.98 Å². The van der Waals surface area contributed by atoms with Gasteiger partial charge in [-0.1, -0.05) is 23.8 Å². The molecule has 7 heteroatoms. The van der Waals surface area contributed by atoms with E-state index in [1.807, 2.05) is 18.2 Å². The highest BCUT2D eigenvalue weighted by atomic mass is 35.5. The molecule has 3 fully saturated rings. The first-order chi connectivity index (χ1) is 11.9. The first-order valence-corrected chi connectivity index (χ1v) is 10.1. The summed E-state index contributed by atoms with van der Waals surface area (Å²) in [6, 6.07) is 5.81. The van der Waals surface area contributed by atoms with Gasteiger partial charge in [-0.3, -0.25) is 0 Å². The fourth-order valence-electron chi connectivity index (χ4n) is 4.06. The monoisotopic (exact) mass is 394 g/mol. The number of aliphatic hydroxyl groups is 1. The molecule has 0 aliphatic carbocycles. The van der Waals surface area contributed by atoms with Gasteiger partial charge in [0.2, 0.25) is 0 Å². The number of fused-ring (bicyclic) bond motifs is 4. The Morgan fingerprint density at radius 1 is 1.44 bits per heavy atom. The Bertz CT molecular complexity index is 819. The van der Waals surface area contributed by atoms with Gasteiger partial charge in [0.15, 0.2) is 7.98 Å². The van der Waals surface area contributed by atoms with E-state index >= 15 is 0 Å². The van der Waals surface area contributed by atoms with Gasteiger partial charge in [-0.2, -0.15) is 0 Å². The van der Waals surface area contributed by atoms with E-state index in [9.17, 15) is 5.11 Å². The summed E-state index contributed by atoms with van der Waals surface area (Å²) in [4.78, 5) is 5.69. The summed E-state index contributed by atoms with van der Waals surface area (Å²) in [6.07, 6.45) is 4.83. The molecule has 1 atom stereocenters. The van der Waals surface area contributed by atoms with Crippen molar-refractivity contribution in [2.45, 2.75) is 37.7 Å². The Kier molecular flexibility index (Phi) is 4.70. The number of thiazole rings is 1. The average molecular weight is 395 g/mol. The topological polar surface area (TPSA) is 33.1 Å². The van der Waals surface area contributed by atoms with Crippen LogP contribution in [0, 0.1) is 5.92 Å². The van der Waals surface area contributed by atoms with E-state index in [4.69, 9.17) is 23.8 Å². The minimum atomic E-state index is -0.469. The summed E-state index contributed by atoms with van der Waals surface area (Å²) in [6.45, 7) is 3.65. The fraction of sp³-hybridized carbons (Fsp3) is 0.556. The third-order valence-electron chi connectivity index (χ3n) is 5.42. The first-order valence-electron chi connectivity index (χ1n) is 8.53. The van der Waals surface area contributed by atoms with Crippen molar-refractivity contribution in [3.05, 3.63) is 28.2 Å². The number of hydrogen-bond acceptors (Lipinski definition) is 4. The SMILES string of the molecule is [BH3-][N+]12CCC(CC1)C(O)(CCC(=S)Cc1nc3ccc(Cl)cc3s1)C2. The normalized spacial score (nSPS) is 31.6. The molecule has 3 aliphatic heterocycles. The highest BCUT2D eigenvalue weighted by molar-refractivity contribution is 7.80. The van der Waals surface area contributed by atoms with E-state index in [-0.39, 0.29) is 7.98 Å². The number of aromatic nitrogens is 1. The molecule has 0 saturated carbocycles. The smallest absolute Gasteiger partial charge is 0.169 e. The van der Waals surface area contributed by atoms with Crippen LogP contribution in [0.4, 0.5) is 0 Å². The largest absolute Gasteiger partial charge is 0.520 e. The van der Waals surface area contributed by atoms with E-state index in [1.165, 1.54) is 30.3 Å². The summed E-state index contributed by atoms with van der Waals surface area (Å²) in [5.41, 5.74) is 0.526. The highest BCUT2D eigenvalue weighted by Crippen LogP contribution is 2.41. The summed E-state index contributed by atoms with van der Waals surface area (Å²) >= 11 is 13.4. The van der Waals surface area contributed by atoms with Crippen LogP contribution in [0.15, 0.2) is 18.2 Å². The van der Waals surface area contributed by atoms with Crippen molar-refractivity contribution in [1.29, 1.82) is 0 Å². The number of quaternary nitrogens is 1. The molecular weight excluding hydrogens is 371 g/mol. The van der Waals surface area contributed by atoms with Crippen molar-refractivity contribution in [2.24, 2.45) is 5.92 Å². The van der Waals surface area contributed by atoms with Gasteiger partial charge in [0.05, 0.1) is 21.8 Å². The molecule has 4 heterocycles. The van der Waals surface area contributed by atoms with Gasteiger partial charge < -0.3 is 9.50 Å². The molecule has 0 spiro atoms. The summed E-state index contributed by atoms with van der Waals surface area (Å²) in [5, 5.41) is 13.0. The van der Waals surface area contributed by atoms with E-state index < -0.39 is 5.60 Å². The van der Waals surface area contributed by atoms with Crippen LogP contribution in [-0.2, 0) is 6.42 Å². The van der Waals surface area contributed by atoms with Gasteiger partial charge in [-0.15, -0.1) is 11.3 Å². The molecule has 3 nitrogen and oxygen atoms in total. The van der Waals surface area contributed by atoms with Crippen LogP contribution >= 0.6 is 35.2 Å². The lowest BCUT2D eigenvalue weighted by Gasteiger charge is -2.60. The second kappa shape index (κ2) is 6.57. The molecule has 2 bridgehead atoms. The van der Waals surface area contributed by atoms with Crippen LogP contribution < -0.4 is 0 Å². The van der Waals surface area contributed by atoms with E-state index in [1.54, 1.807) is 11.3 Å². The van der Waals surface area contributed by atoms with Gasteiger partial charge in [0, 0.05) is 30.5 Å². The minimum absolute atomic E-state index is 0.233. The molecule has 1 aromatic heterocycles. The minimum Gasteiger partial charge on any atom is -0.520 e. The zero-order valence-electron chi connectivity index (χ0n) is 13.5. The predicted molar refractivity (Wildman–Crippen MR) is 113 cm³/mol. The summed E-state index contributed by atoms with van der Waals surface area (Å²) < 4.78 is 2.39. The van der Waals surface area contributed by atoms with Gasteiger partial charge in [-0.05, 0) is 48.7 Å². The maximum Gasteiger partial charge on any atom is 0.169 e. The molecule has 25 heavy (non-hydrogen) atoms. The number of hydrogen-bond donors (Lipinski definition) is 1. The van der Waals surface area contributed by atoms with Crippen LogP contribution in [0.2, 0.25) is 5.02 Å². The lowest BCUT2D eigenvalue weighted by atomic mass is 9.69. The lowest BCUT2D eigenvalue weighted by molar-refractivity contribution is -0.846. The van der Waals surface area contributed by atoms with Crippen molar-refractivity contribution in [3.63, 3.8) is 0 Å². The number of nitrogens with zero attached hydrogens (tertiary/aromatic N) is 2. The molecule has 3 aliphatic rings. The molecule has 3 saturated heterocycles. The second-order valence-electron chi connectivity index (χ2n) is 7.09. The summed E-state index contributed by atoms with van der Waals surface area (Å²) in [7, 11) is 0.233. The first kappa shape index (κ1) is 17.9. The number of rotatable bonds is 5. The molecule has 0 amide bonds. The molecule has 1 unspecified atom stereocenters. The van der Waals surface area contributed by atoms with Gasteiger partial charge in [0.25, 0.3) is 0 Å². The van der Waals surface area contributed by atoms with Crippen LogP contribution in [0.5, 0.6) is 0 Å². The van der Waals surface area contributed by atoms with E-state index in [0.717, 1.165) is 50.9 Å². The maximum atomic E-state index is 11.2. The van der Waals surface area contributed by atoms with Crippen LogP contribution in [0.3, 0.4) is 0 Å². The van der Waals surface area contributed by atoms with Crippen LogP contribution in [-0.4, -0.2) is 52.6 Å². The molecule has 0 radical (unpaired) electrons. The fourth-order valence-corrected chi connectivity index (χ4v) is 5.68. The Labute approximate surface area is 164 Å². The van der Waals surface area contributed by atoms with Crippen molar-refractivity contribution in [1.82, 2.24) is 4.98 Å². The Morgan fingerprint density at radius 2 is 2.20 bits per heavy atom. The van der Waals surface area contributed by atoms with Crippen molar-refractivity contribution >= 4 is 58.2 Å². The number of piperidine rings is 3. The Hall–Kier alpha value is -0.525. The van der Waals surface area contributed by atoms with Crippen molar-refractivity contribution in [2.75, 3.05) is 19.6 Å². The predicted octanol–water partition coefficient (Wildman–Crippen LogP) is 2.89. The maximum absolute atomic E-state index is 11.2.